The van der Waals surface area contributed by atoms with E-state index in [0.717, 1.165) is 49.6 Å². The lowest BCUT2D eigenvalue weighted by Gasteiger charge is -2.53. The second-order valence-electron chi connectivity index (χ2n) is 15.8. The van der Waals surface area contributed by atoms with Crippen LogP contribution in [0.4, 0.5) is 4.79 Å². The van der Waals surface area contributed by atoms with Gasteiger partial charge in [0.15, 0.2) is 0 Å². The first kappa shape index (κ1) is 26.5. The number of carbonyl (C=O) groups excluding carboxylic acids is 2. The Bertz CT molecular complexity index is 1250. The van der Waals surface area contributed by atoms with Gasteiger partial charge in [-0.15, -0.1) is 0 Å². The zero-order chi connectivity index (χ0) is 28.4. The van der Waals surface area contributed by atoms with E-state index in [1.54, 1.807) is 0 Å². The Morgan fingerprint density at radius 1 is 1.10 bits per heavy atom. The number of nitrogens with zero attached hydrogens (tertiary/aromatic N) is 1. The largest absolute Gasteiger partial charge is 0.445 e. The molecule has 3 heterocycles. The molecule has 4 saturated carbocycles. The normalized spacial score (nSPS) is 51.1. The van der Waals surface area contributed by atoms with Gasteiger partial charge >= 0.3 is 6.09 Å². The minimum Gasteiger partial charge on any atom is -0.445 e. The summed E-state index contributed by atoms with van der Waals surface area (Å²) < 4.78 is 13.3. The number of amides is 2. The van der Waals surface area contributed by atoms with Crippen LogP contribution in [-0.4, -0.2) is 47.2 Å². The predicted molar refractivity (Wildman–Crippen MR) is 156 cm³/mol. The summed E-state index contributed by atoms with van der Waals surface area (Å²) >= 11 is 0. The molecule has 6 heteroatoms. The van der Waals surface area contributed by atoms with Gasteiger partial charge in [-0.25, -0.2) is 4.79 Å². The molecular weight excluding hydrogens is 512 g/mol. The van der Waals surface area contributed by atoms with Gasteiger partial charge in [0.1, 0.15) is 6.61 Å². The molecule has 7 aliphatic rings. The zero-order valence-electron chi connectivity index (χ0n) is 25.4. The maximum atomic E-state index is 13.6. The van der Waals surface area contributed by atoms with Gasteiger partial charge in [0.2, 0.25) is 5.91 Å². The molecule has 1 unspecified atom stereocenters. The minimum absolute atomic E-state index is 0.0830. The Hall–Kier alpha value is -2.08. The molecule has 3 saturated heterocycles. The Labute approximate surface area is 245 Å². The van der Waals surface area contributed by atoms with Crippen LogP contribution in [0.5, 0.6) is 0 Å². The average molecular weight is 561 g/mol. The third kappa shape index (κ3) is 3.40. The van der Waals surface area contributed by atoms with Crippen LogP contribution >= 0.6 is 0 Å². The van der Waals surface area contributed by atoms with Crippen LogP contribution in [0.2, 0.25) is 0 Å². The van der Waals surface area contributed by atoms with Gasteiger partial charge in [-0.3, -0.25) is 4.79 Å². The molecule has 12 atom stereocenters. The van der Waals surface area contributed by atoms with Crippen LogP contribution in [-0.2, 0) is 20.9 Å². The minimum atomic E-state index is -0.183. The van der Waals surface area contributed by atoms with Crippen molar-refractivity contribution >= 4 is 12.0 Å². The maximum Gasteiger partial charge on any atom is 0.410 e. The fraction of sp³-hybridized carbons (Fsp3) is 0.771. The van der Waals surface area contributed by atoms with Crippen molar-refractivity contribution in [3.05, 3.63) is 35.9 Å². The van der Waals surface area contributed by atoms with Crippen molar-refractivity contribution in [3.8, 4) is 0 Å². The van der Waals surface area contributed by atoms with E-state index < -0.39 is 0 Å². The van der Waals surface area contributed by atoms with Gasteiger partial charge in [0.05, 0.1) is 17.7 Å². The lowest BCUT2D eigenvalue weighted by molar-refractivity contribution is -0.148. The fourth-order valence-electron chi connectivity index (χ4n) is 12.4. The van der Waals surface area contributed by atoms with E-state index in [1.807, 2.05) is 30.3 Å². The fourth-order valence-corrected chi connectivity index (χ4v) is 12.4. The number of benzene rings is 1. The topological polar surface area (TPSA) is 67.9 Å². The molecule has 0 bridgehead atoms. The third-order valence-electron chi connectivity index (χ3n) is 14.3. The zero-order valence-corrected chi connectivity index (χ0v) is 25.4. The van der Waals surface area contributed by atoms with E-state index in [2.05, 4.69) is 37.9 Å². The molecule has 2 spiro atoms. The van der Waals surface area contributed by atoms with Crippen molar-refractivity contribution in [3.63, 3.8) is 0 Å². The van der Waals surface area contributed by atoms with E-state index in [0.29, 0.717) is 36.3 Å². The van der Waals surface area contributed by atoms with E-state index in [1.165, 1.54) is 25.7 Å². The number of carbonyl (C=O) groups is 2. The highest BCUT2D eigenvalue weighted by Gasteiger charge is 2.85. The smallest absolute Gasteiger partial charge is 0.410 e. The summed E-state index contributed by atoms with van der Waals surface area (Å²) in [5.74, 6) is 3.21. The summed E-state index contributed by atoms with van der Waals surface area (Å²) in [7, 11) is 0. The first-order chi connectivity index (χ1) is 19.6. The first-order valence-electron chi connectivity index (χ1n) is 16.6. The molecule has 1 aromatic rings. The van der Waals surface area contributed by atoms with Crippen molar-refractivity contribution in [2.24, 2.45) is 45.8 Å². The molecular formula is C35H48N2O4. The molecule has 2 amide bonds. The summed E-state index contributed by atoms with van der Waals surface area (Å²) in [6.45, 7) is 10.8. The molecule has 6 nitrogen and oxygen atoms in total. The van der Waals surface area contributed by atoms with Gasteiger partial charge in [-0.2, -0.15) is 0 Å². The highest BCUT2D eigenvalue weighted by molar-refractivity contribution is 5.77. The maximum absolute atomic E-state index is 13.6. The van der Waals surface area contributed by atoms with Gasteiger partial charge < -0.3 is 19.7 Å². The molecule has 41 heavy (non-hydrogen) atoms. The summed E-state index contributed by atoms with van der Waals surface area (Å²) in [6.07, 6.45) is 10.0. The van der Waals surface area contributed by atoms with E-state index in [4.69, 9.17) is 9.47 Å². The number of hydrogen-bond donors (Lipinski definition) is 1. The molecule has 1 aromatic carbocycles. The SMILES string of the molecule is C[C@H]1C[C@H]2O[C@]3(CC[C@H]4C5CC[C@H]6NC(=O)CC[C@]6(C)[C@H]5C[C@@]45C[C@]53C)[C@H](C)[C@@H]2N(C(=O)OCc2ccccc2)C1. The number of hydrogen-bond acceptors (Lipinski definition) is 4. The Balaban J connectivity index is 1.06. The number of rotatable bonds is 2. The predicted octanol–water partition coefficient (Wildman–Crippen LogP) is 6.33. The van der Waals surface area contributed by atoms with Gasteiger partial charge in [-0.1, -0.05) is 58.0 Å². The number of nitrogens with one attached hydrogen (secondary N) is 1. The Morgan fingerprint density at radius 3 is 2.71 bits per heavy atom. The van der Waals surface area contributed by atoms with Crippen LogP contribution in [0.15, 0.2) is 30.3 Å². The lowest BCUT2D eigenvalue weighted by Crippen LogP contribution is -2.57. The lowest BCUT2D eigenvalue weighted by atomic mass is 9.56. The standard InChI is InChI=1S/C35H48N2O4/c1-21-16-27-30(37(18-21)31(39)40-19-23-8-6-5-7-9-23)22(2)35(41-27)15-12-25-24-10-11-28-32(3,14-13-29(38)36-28)26(24)17-34(25)20-33(34,35)4/h5-9,21-22,24-28,30H,10-20H2,1-4H3,(H,36,38)/t21-,22+,24?,25-,26-,27+,28+,30-,32+,33+,34+,35+/m0/s1. The molecule has 8 rings (SSSR count). The number of likely N-dealkylation sites (tertiary alicyclic amines) is 1. The van der Waals surface area contributed by atoms with E-state index in [-0.39, 0.29) is 46.5 Å². The number of piperidine rings is 2. The summed E-state index contributed by atoms with van der Waals surface area (Å²) in [6, 6.07) is 10.4. The van der Waals surface area contributed by atoms with Crippen molar-refractivity contribution in [2.45, 2.75) is 116 Å². The van der Waals surface area contributed by atoms with Gasteiger partial charge in [0.25, 0.3) is 0 Å². The third-order valence-corrected chi connectivity index (χ3v) is 14.3. The highest BCUT2D eigenvalue weighted by atomic mass is 16.6. The molecule has 7 fully saturated rings. The first-order valence-corrected chi connectivity index (χ1v) is 16.6. The van der Waals surface area contributed by atoms with Crippen LogP contribution in [0, 0.1) is 45.8 Å². The molecule has 1 N–H and O–H groups in total. The van der Waals surface area contributed by atoms with Crippen molar-refractivity contribution in [1.82, 2.24) is 10.2 Å². The van der Waals surface area contributed by atoms with Crippen molar-refractivity contribution in [2.75, 3.05) is 6.54 Å². The van der Waals surface area contributed by atoms with Crippen LogP contribution in [0.25, 0.3) is 0 Å². The molecule has 222 valence electrons. The Kier molecular flexibility index (Phi) is 5.66. The van der Waals surface area contributed by atoms with E-state index in [9.17, 15) is 9.59 Å². The van der Waals surface area contributed by atoms with Crippen molar-refractivity contribution in [1.29, 1.82) is 0 Å². The van der Waals surface area contributed by atoms with Crippen molar-refractivity contribution < 1.29 is 19.1 Å². The number of fused-ring (bicyclic) bond motifs is 6. The quantitative estimate of drug-likeness (QED) is 0.459. The van der Waals surface area contributed by atoms with Crippen LogP contribution in [0.3, 0.4) is 0 Å². The Morgan fingerprint density at radius 2 is 1.90 bits per heavy atom. The number of ether oxygens (including phenoxy) is 2. The summed E-state index contributed by atoms with van der Waals surface area (Å²) in [4.78, 5) is 28.0. The second kappa shape index (κ2) is 8.74. The van der Waals surface area contributed by atoms with Gasteiger partial charge in [0, 0.05) is 30.3 Å². The van der Waals surface area contributed by atoms with Crippen LogP contribution < -0.4 is 5.32 Å². The monoisotopic (exact) mass is 560 g/mol. The summed E-state index contributed by atoms with van der Waals surface area (Å²) in [5.41, 5.74) is 1.59. The molecule has 0 aromatic heterocycles. The highest BCUT2D eigenvalue weighted by Crippen LogP contribution is 2.87. The molecule has 0 radical (unpaired) electrons. The second-order valence-corrected chi connectivity index (χ2v) is 15.8. The molecule has 3 aliphatic heterocycles. The van der Waals surface area contributed by atoms with Crippen LogP contribution in [0.1, 0.15) is 91.0 Å². The van der Waals surface area contributed by atoms with E-state index >= 15 is 0 Å². The molecule has 4 aliphatic carbocycles. The summed E-state index contributed by atoms with van der Waals surface area (Å²) in [5, 5.41) is 3.41. The average Bonchev–Trinajstić information content (AvgIpc) is 3.30. The van der Waals surface area contributed by atoms with Gasteiger partial charge in [-0.05, 0) is 91.4 Å².